The first kappa shape index (κ1) is 16.3. The van der Waals surface area contributed by atoms with Crippen LogP contribution in [0.15, 0.2) is 28.3 Å². The lowest BCUT2D eigenvalue weighted by Crippen LogP contribution is -2.19. The standard InChI is InChI=1S/C15H21ClN4S/c1-10(2)8-17-9-12-5-6-13(7-14(12)16)21-15-19-18-11(3)20(15)4/h5-7,10,17H,8-9H2,1-4H3. The van der Waals surface area contributed by atoms with Gasteiger partial charge in [0, 0.05) is 23.5 Å². The van der Waals surface area contributed by atoms with Gasteiger partial charge >= 0.3 is 0 Å². The Labute approximate surface area is 135 Å². The number of halogens is 1. The molecule has 0 spiro atoms. The van der Waals surface area contributed by atoms with Crippen molar-refractivity contribution in [1.29, 1.82) is 0 Å². The van der Waals surface area contributed by atoms with E-state index in [4.69, 9.17) is 11.6 Å². The number of nitrogens with one attached hydrogen (secondary N) is 1. The lowest BCUT2D eigenvalue weighted by molar-refractivity contribution is 0.552. The van der Waals surface area contributed by atoms with Gasteiger partial charge in [-0.2, -0.15) is 0 Å². The molecule has 1 heterocycles. The van der Waals surface area contributed by atoms with Gasteiger partial charge < -0.3 is 9.88 Å². The second kappa shape index (κ2) is 7.29. The van der Waals surface area contributed by atoms with Gasteiger partial charge in [0.05, 0.1) is 0 Å². The fraction of sp³-hybridized carbons (Fsp3) is 0.467. The monoisotopic (exact) mass is 324 g/mol. The highest BCUT2D eigenvalue weighted by atomic mass is 35.5. The summed E-state index contributed by atoms with van der Waals surface area (Å²) in [5, 5.41) is 13.3. The van der Waals surface area contributed by atoms with Crippen molar-refractivity contribution in [2.75, 3.05) is 6.54 Å². The number of benzene rings is 1. The average Bonchev–Trinajstić information content (AvgIpc) is 2.73. The molecular formula is C15H21ClN4S. The van der Waals surface area contributed by atoms with Gasteiger partial charge in [-0.15, -0.1) is 10.2 Å². The SMILES string of the molecule is Cc1nnc(Sc2ccc(CNCC(C)C)c(Cl)c2)n1C. The fourth-order valence-corrected chi connectivity index (χ4v) is 3.00. The third kappa shape index (κ3) is 4.46. The molecule has 0 bridgehead atoms. The lowest BCUT2D eigenvalue weighted by atomic mass is 10.2. The molecule has 0 atom stereocenters. The predicted molar refractivity (Wildman–Crippen MR) is 87.9 cm³/mol. The van der Waals surface area contributed by atoms with Crippen LogP contribution in [0.4, 0.5) is 0 Å². The molecule has 1 aromatic heterocycles. The molecule has 0 saturated carbocycles. The van der Waals surface area contributed by atoms with E-state index in [-0.39, 0.29) is 0 Å². The van der Waals surface area contributed by atoms with Crippen LogP contribution in [0.3, 0.4) is 0 Å². The van der Waals surface area contributed by atoms with Crippen molar-refractivity contribution >= 4 is 23.4 Å². The van der Waals surface area contributed by atoms with Crippen LogP contribution in [-0.4, -0.2) is 21.3 Å². The molecule has 0 amide bonds. The molecule has 4 nitrogen and oxygen atoms in total. The molecule has 114 valence electrons. The highest BCUT2D eigenvalue weighted by Gasteiger charge is 2.09. The predicted octanol–water partition coefficient (Wildman–Crippen LogP) is 3.67. The smallest absolute Gasteiger partial charge is 0.195 e. The van der Waals surface area contributed by atoms with Crippen molar-refractivity contribution in [2.24, 2.45) is 13.0 Å². The molecule has 0 aliphatic carbocycles. The molecule has 0 radical (unpaired) electrons. The van der Waals surface area contributed by atoms with Crippen LogP contribution < -0.4 is 5.32 Å². The molecule has 1 N–H and O–H groups in total. The molecule has 21 heavy (non-hydrogen) atoms. The highest BCUT2D eigenvalue weighted by molar-refractivity contribution is 7.99. The number of nitrogens with zero attached hydrogens (tertiary/aromatic N) is 3. The molecule has 2 aromatic rings. The Hall–Kier alpha value is -1.04. The van der Waals surface area contributed by atoms with Crippen LogP contribution in [0, 0.1) is 12.8 Å². The maximum Gasteiger partial charge on any atom is 0.195 e. The molecule has 0 aliphatic rings. The lowest BCUT2D eigenvalue weighted by Gasteiger charge is -2.10. The van der Waals surface area contributed by atoms with Gasteiger partial charge in [0.2, 0.25) is 0 Å². The molecule has 0 aliphatic heterocycles. The van der Waals surface area contributed by atoms with Gasteiger partial charge in [0.25, 0.3) is 0 Å². The molecule has 1 aromatic carbocycles. The Bertz CT molecular complexity index is 610. The Morgan fingerprint density at radius 1 is 1.33 bits per heavy atom. The van der Waals surface area contributed by atoms with Crippen molar-refractivity contribution in [1.82, 2.24) is 20.1 Å². The van der Waals surface area contributed by atoms with Crippen molar-refractivity contribution in [3.63, 3.8) is 0 Å². The van der Waals surface area contributed by atoms with E-state index in [1.807, 2.05) is 24.6 Å². The van der Waals surface area contributed by atoms with Crippen LogP contribution in [0.5, 0.6) is 0 Å². The van der Waals surface area contributed by atoms with E-state index in [9.17, 15) is 0 Å². The first-order chi connectivity index (χ1) is 9.97. The van der Waals surface area contributed by atoms with E-state index < -0.39 is 0 Å². The maximum atomic E-state index is 6.36. The Balaban J connectivity index is 2.03. The minimum absolute atomic E-state index is 0.637. The molecule has 6 heteroatoms. The van der Waals surface area contributed by atoms with E-state index in [0.29, 0.717) is 5.92 Å². The fourth-order valence-electron chi connectivity index (χ4n) is 1.81. The summed E-state index contributed by atoms with van der Waals surface area (Å²) in [4.78, 5) is 1.07. The summed E-state index contributed by atoms with van der Waals surface area (Å²) < 4.78 is 1.97. The van der Waals surface area contributed by atoms with E-state index in [1.165, 1.54) is 0 Å². The third-order valence-corrected chi connectivity index (χ3v) is 4.53. The zero-order valence-corrected chi connectivity index (χ0v) is 14.4. The van der Waals surface area contributed by atoms with E-state index in [0.717, 1.165) is 39.6 Å². The molecule has 2 rings (SSSR count). The molecule has 0 unspecified atom stereocenters. The van der Waals surface area contributed by atoms with Crippen molar-refractivity contribution in [2.45, 2.75) is 37.4 Å². The van der Waals surface area contributed by atoms with Crippen molar-refractivity contribution < 1.29 is 0 Å². The van der Waals surface area contributed by atoms with Gasteiger partial charge in [-0.05, 0) is 48.8 Å². The Morgan fingerprint density at radius 3 is 2.67 bits per heavy atom. The summed E-state index contributed by atoms with van der Waals surface area (Å²) in [7, 11) is 1.96. The van der Waals surface area contributed by atoms with Crippen LogP contribution in [0.25, 0.3) is 0 Å². The number of aryl methyl sites for hydroxylation is 1. The summed E-state index contributed by atoms with van der Waals surface area (Å²) in [6.45, 7) is 8.11. The van der Waals surface area contributed by atoms with E-state index >= 15 is 0 Å². The van der Waals surface area contributed by atoms with Crippen LogP contribution in [0.2, 0.25) is 5.02 Å². The highest BCUT2D eigenvalue weighted by Crippen LogP contribution is 2.29. The third-order valence-electron chi connectivity index (χ3n) is 3.15. The van der Waals surface area contributed by atoms with Crippen molar-refractivity contribution in [3.05, 3.63) is 34.6 Å². The van der Waals surface area contributed by atoms with Crippen LogP contribution in [0.1, 0.15) is 25.2 Å². The summed E-state index contributed by atoms with van der Waals surface area (Å²) >= 11 is 7.93. The van der Waals surface area contributed by atoms with Gasteiger partial charge in [-0.25, -0.2) is 0 Å². The Kier molecular flexibility index (Phi) is 5.67. The number of hydrogen-bond acceptors (Lipinski definition) is 4. The Morgan fingerprint density at radius 2 is 2.10 bits per heavy atom. The second-order valence-corrected chi connectivity index (χ2v) is 6.92. The number of aromatic nitrogens is 3. The first-order valence-corrected chi connectivity index (χ1v) is 8.19. The minimum atomic E-state index is 0.637. The summed E-state index contributed by atoms with van der Waals surface area (Å²) in [6.07, 6.45) is 0. The zero-order chi connectivity index (χ0) is 15.4. The summed E-state index contributed by atoms with van der Waals surface area (Å²) in [6, 6.07) is 6.14. The molecule has 0 saturated heterocycles. The van der Waals surface area contributed by atoms with Crippen LogP contribution in [-0.2, 0) is 13.6 Å². The van der Waals surface area contributed by atoms with E-state index in [1.54, 1.807) is 11.8 Å². The first-order valence-electron chi connectivity index (χ1n) is 7.00. The molecule has 0 fully saturated rings. The van der Waals surface area contributed by atoms with Gasteiger partial charge in [0.1, 0.15) is 5.82 Å². The second-order valence-electron chi connectivity index (χ2n) is 5.47. The average molecular weight is 325 g/mol. The van der Waals surface area contributed by atoms with Gasteiger partial charge in [0.15, 0.2) is 5.16 Å². The summed E-state index contributed by atoms with van der Waals surface area (Å²) in [5.74, 6) is 1.54. The minimum Gasteiger partial charge on any atom is -0.312 e. The van der Waals surface area contributed by atoms with Crippen LogP contribution >= 0.6 is 23.4 Å². The largest absolute Gasteiger partial charge is 0.312 e. The van der Waals surface area contributed by atoms with Crippen molar-refractivity contribution in [3.8, 4) is 0 Å². The molecular weight excluding hydrogens is 304 g/mol. The van der Waals surface area contributed by atoms with E-state index in [2.05, 4.69) is 41.5 Å². The number of hydrogen-bond donors (Lipinski definition) is 1. The van der Waals surface area contributed by atoms with Gasteiger partial charge in [-0.3, -0.25) is 0 Å². The van der Waals surface area contributed by atoms with Gasteiger partial charge in [-0.1, -0.05) is 31.5 Å². The summed E-state index contributed by atoms with van der Waals surface area (Å²) in [5.41, 5.74) is 1.12. The quantitative estimate of drug-likeness (QED) is 0.880. The maximum absolute atomic E-state index is 6.36. The normalized spacial score (nSPS) is 11.3. The zero-order valence-electron chi connectivity index (χ0n) is 12.9. The number of rotatable bonds is 6. The topological polar surface area (TPSA) is 42.7 Å².